The number of carbonyl (C=O) groups is 2. The second-order valence-electron chi connectivity index (χ2n) is 17.3. The topological polar surface area (TPSA) is 64.6 Å². The van der Waals surface area contributed by atoms with Gasteiger partial charge in [0.05, 0.1) is 13.2 Å². The predicted molar refractivity (Wildman–Crippen MR) is 235 cm³/mol. The van der Waals surface area contributed by atoms with Crippen molar-refractivity contribution in [2.75, 3.05) is 20.3 Å². The highest BCUT2D eigenvalue weighted by molar-refractivity contribution is 5.69. The molecule has 0 aliphatic rings. The summed E-state index contributed by atoms with van der Waals surface area (Å²) >= 11 is 0. The lowest BCUT2D eigenvalue weighted by Gasteiger charge is -2.21. The summed E-state index contributed by atoms with van der Waals surface area (Å²) in [6, 6.07) is 0.579. The van der Waals surface area contributed by atoms with E-state index in [9.17, 15) is 9.59 Å². The van der Waals surface area contributed by atoms with E-state index >= 15 is 0 Å². The summed E-state index contributed by atoms with van der Waals surface area (Å²) in [5.41, 5.74) is 0. The van der Waals surface area contributed by atoms with Crippen LogP contribution in [0.15, 0.2) is 0 Å². The summed E-state index contributed by atoms with van der Waals surface area (Å²) in [6.45, 7) is 12.6. The molecule has 54 heavy (non-hydrogen) atoms. The van der Waals surface area contributed by atoms with E-state index in [1.54, 1.807) is 0 Å². The van der Waals surface area contributed by atoms with Gasteiger partial charge in [0, 0.05) is 18.9 Å². The van der Waals surface area contributed by atoms with E-state index in [0.29, 0.717) is 32.1 Å². The number of unbranched alkanes of at least 4 members (excludes halogenated alkanes) is 18. The zero-order valence-corrected chi connectivity index (χ0v) is 37.6. The van der Waals surface area contributed by atoms with Gasteiger partial charge in [0.25, 0.3) is 0 Å². The molecule has 0 spiro atoms. The predicted octanol–water partition coefficient (Wildman–Crippen LogP) is 15.3. The lowest BCUT2D eigenvalue weighted by molar-refractivity contribution is -0.145. The van der Waals surface area contributed by atoms with E-state index in [2.05, 4.69) is 47.0 Å². The van der Waals surface area contributed by atoms with E-state index in [1.165, 1.54) is 173 Å². The molecule has 0 aliphatic heterocycles. The number of carbonyl (C=O) groups excluding carboxylic acids is 2. The van der Waals surface area contributed by atoms with Crippen molar-refractivity contribution in [3.8, 4) is 0 Å². The van der Waals surface area contributed by atoms with Gasteiger partial charge in [-0.1, -0.05) is 207 Å². The van der Waals surface area contributed by atoms with Crippen LogP contribution in [0, 0.1) is 17.8 Å². The molecular weight excluding hydrogens is 667 g/mol. The number of rotatable bonds is 43. The highest BCUT2D eigenvalue weighted by atomic mass is 16.5. The van der Waals surface area contributed by atoms with Crippen molar-refractivity contribution in [3.05, 3.63) is 0 Å². The largest absolute Gasteiger partial charge is 0.466 e. The van der Waals surface area contributed by atoms with Crippen molar-refractivity contribution in [1.29, 1.82) is 0 Å². The second kappa shape index (κ2) is 41.5. The van der Waals surface area contributed by atoms with Crippen molar-refractivity contribution in [2.45, 2.75) is 265 Å². The molecule has 0 aliphatic carbocycles. The molecule has 0 aromatic rings. The van der Waals surface area contributed by atoms with Crippen molar-refractivity contribution >= 4 is 11.9 Å². The van der Waals surface area contributed by atoms with Crippen LogP contribution >= 0.6 is 0 Å². The van der Waals surface area contributed by atoms with E-state index < -0.39 is 0 Å². The molecule has 0 aromatic heterocycles. The van der Waals surface area contributed by atoms with Crippen LogP contribution in [0.25, 0.3) is 0 Å². The smallest absolute Gasteiger partial charge is 0.305 e. The molecule has 0 amide bonds. The number of nitrogens with one attached hydrogen (secondary N) is 1. The Morgan fingerprint density at radius 1 is 0.407 bits per heavy atom. The van der Waals surface area contributed by atoms with Gasteiger partial charge in [-0.15, -0.1) is 0 Å². The van der Waals surface area contributed by atoms with Crippen LogP contribution in [-0.2, 0) is 19.1 Å². The molecule has 0 radical (unpaired) electrons. The van der Waals surface area contributed by atoms with Crippen LogP contribution in [0.4, 0.5) is 0 Å². The lowest BCUT2D eigenvalue weighted by atomic mass is 9.89. The minimum Gasteiger partial charge on any atom is -0.466 e. The van der Waals surface area contributed by atoms with Gasteiger partial charge in [0.15, 0.2) is 0 Å². The molecule has 0 saturated heterocycles. The summed E-state index contributed by atoms with van der Waals surface area (Å²) in [5.74, 6) is 2.30. The molecular formula is C49H97NO4. The molecule has 0 heterocycles. The first-order chi connectivity index (χ1) is 26.4. The van der Waals surface area contributed by atoms with Gasteiger partial charge in [0.2, 0.25) is 0 Å². The molecule has 5 nitrogen and oxygen atoms in total. The monoisotopic (exact) mass is 764 g/mol. The normalized spacial score (nSPS) is 12.3. The van der Waals surface area contributed by atoms with Gasteiger partial charge in [-0.25, -0.2) is 0 Å². The van der Waals surface area contributed by atoms with Crippen molar-refractivity contribution in [3.63, 3.8) is 0 Å². The molecule has 0 rings (SSSR count). The Morgan fingerprint density at radius 2 is 0.704 bits per heavy atom. The number of hydrogen-bond acceptors (Lipinski definition) is 5. The molecule has 0 fully saturated rings. The van der Waals surface area contributed by atoms with E-state index in [4.69, 9.17) is 9.47 Å². The Bertz CT molecular complexity index is 710. The first-order valence-electron chi connectivity index (χ1n) is 24.4. The standard InChI is InChI=1S/C49H97NO4/c1-7-11-23-31-45(32-24-12-8-2)39-41-53-48(51)37-29-21-17-15-19-27-35-47(43-44(5)50-6)36-28-20-16-18-22-30-38-49(52)54-42-40-46(33-25-13-9-3)34-26-14-10-4/h44-47,50H,7-43H2,1-6H3. The minimum absolute atomic E-state index is 0.0159. The maximum atomic E-state index is 12.3. The summed E-state index contributed by atoms with van der Waals surface area (Å²) in [5, 5.41) is 3.46. The first kappa shape index (κ1) is 52.9. The summed E-state index contributed by atoms with van der Waals surface area (Å²) < 4.78 is 11.3. The number of hydrogen-bond donors (Lipinski definition) is 1. The van der Waals surface area contributed by atoms with Gasteiger partial charge in [-0.3, -0.25) is 9.59 Å². The third-order valence-electron chi connectivity index (χ3n) is 12.1. The van der Waals surface area contributed by atoms with Gasteiger partial charge < -0.3 is 14.8 Å². The average molecular weight is 764 g/mol. The van der Waals surface area contributed by atoms with E-state index in [0.717, 1.165) is 56.3 Å². The van der Waals surface area contributed by atoms with Crippen LogP contribution < -0.4 is 5.32 Å². The quantitative estimate of drug-likeness (QED) is 0.0495. The Hall–Kier alpha value is -1.10. The fraction of sp³-hybridized carbons (Fsp3) is 0.959. The maximum absolute atomic E-state index is 12.3. The van der Waals surface area contributed by atoms with Crippen LogP contribution in [0.1, 0.15) is 259 Å². The van der Waals surface area contributed by atoms with Crippen LogP contribution in [0.3, 0.4) is 0 Å². The molecule has 322 valence electrons. The minimum atomic E-state index is 0.0159. The second-order valence-corrected chi connectivity index (χ2v) is 17.3. The SMILES string of the molecule is CCCCCC(CCCCC)CCOC(=O)CCCCCCCCC(CCCCCCCCC(=O)OCCC(CCCCC)CCCCC)CC(C)NC. The van der Waals surface area contributed by atoms with Crippen molar-refractivity contribution in [1.82, 2.24) is 5.32 Å². The van der Waals surface area contributed by atoms with Crippen LogP contribution in [0.2, 0.25) is 0 Å². The maximum Gasteiger partial charge on any atom is 0.305 e. The Balaban J connectivity index is 4.01. The van der Waals surface area contributed by atoms with Crippen molar-refractivity contribution in [2.24, 2.45) is 17.8 Å². The van der Waals surface area contributed by atoms with Crippen LogP contribution in [0.5, 0.6) is 0 Å². The first-order valence-corrected chi connectivity index (χ1v) is 24.4. The van der Waals surface area contributed by atoms with Gasteiger partial charge >= 0.3 is 11.9 Å². The van der Waals surface area contributed by atoms with Crippen LogP contribution in [-0.4, -0.2) is 38.2 Å². The van der Waals surface area contributed by atoms with Gasteiger partial charge in [-0.05, 0) is 63.8 Å². The Labute approximate surface area is 338 Å². The summed E-state index contributed by atoms with van der Waals surface area (Å²) in [4.78, 5) is 24.7. The van der Waals surface area contributed by atoms with E-state index in [-0.39, 0.29) is 11.9 Å². The molecule has 1 N–H and O–H groups in total. The molecule has 0 aromatic carbocycles. The molecule has 5 heteroatoms. The molecule has 0 saturated carbocycles. The molecule has 0 bridgehead atoms. The third-order valence-corrected chi connectivity index (χ3v) is 12.1. The lowest BCUT2D eigenvalue weighted by Crippen LogP contribution is -2.24. The van der Waals surface area contributed by atoms with E-state index in [1.807, 2.05) is 0 Å². The zero-order chi connectivity index (χ0) is 39.7. The fourth-order valence-electron chi connectivity index (χ4n) is 8.24. The zero-order valence-electron chi connectivity index (χ0n) is 37.6. The fourth-order valence-corrected chi connectivity index (χ4v) is 8.24. The highest BCUT2D eigenvalue weighted by Gasteiger charge is 2.14. The summed E-state index contributed by atoms with van der Waals surface area (Å²) in [6.07, 6.45) is 42.6. The third kappa shape index (κ3) is 36.5. The van der Waals surface area contributed by atoms with Crippen molar-refractivity contribution < 1.29 is 19.1 Å². The average Bonchev–Trinajstić information content (AvgIpc) is 3.16. The number of esters is 2. The Morgan fingerprint density at radius 3 is 1.04 bits per heavy atom. The molecule has 1 unspecified atom stereocenters. The number of ether oxygens (including phenoxy) is 2. The van der Waals surface area contributed by atoms with Gasteiger partial charge in [-0.2, -0.15) is 0 Å². The summed E-state index contributed by atoms with van der Waals surface area (Å²) in [7, 11) is 2.09. The van der Waals surface area contributed by atoms with Gasteiger partial charge in [0.1, 0.15) is 0 Å². The molecule has 1 atom stereocenters. The highest BCUT2D eigenvalue weighted by Crippen LogP contribution is 2.25. The Kier molecular flexibility index (Phi) is 40.7.